The Morgan fingerprint density at radius 2 is 1.96 bits per heavy atom. The highest BCUT2D eigenvalue weighted by molar-refractivity contribution is 5.92. The molecule has 0 aliphatic heterocycles. The molecule has 3 aromatic rings. The molecule has 10 heteroatoms. The maximum absolute atomic E-state index is 11.0. The number of para-hydroxylation sites is 2. The van der Waals surface area contributed by atoms with Crippen LogP contribution in [0.25, 0.3) is 22.7 Å². The number of phenols is 1. The number of nitriles is 1. The highest BCUT2D eigenvalue weighted by Gasteiger charge is 2.23. The van der Waals surface area contributed by atoms with Crippen molar-refractivity contribution < 1.29 is 15.0 Å². The lowest BCUT2D eigenvalue weighted by molar-refractivity contribution is -0.394. The fourth-order valence-corrected chi connectivity index (χ4v) is 2.37. The van der Waals surface area contributed by atoms with Gasteiger partial charge in [-0.2, -0.15) is 5.26 Å². The second-order valence-corrected chi connectivity index (χ2v) is 5.19. The molecule has 0 amide bonds. The average Bonchev–Trinajstić information content (AvgIpc) is 3.04. The normalized spacial score (nSPS) is 11.3. The molecule has 0 spiro atoms. The summed E-state index contributed by atoms with van der Waals surface area (Å²) in [6.45, 7) is 0. The van der Waals surface area contributed by atoms with Gasteiger partial charge in [0, 0.05) is 11.6 Å². The van der Waals surface area contributed by atoms with Gasteiger partial charge in [0.25, 0.3) is 5.69 Å². The minimum atomic E-state index is -0.938. The molecule has 0 aliphatic carbocycles. The topological polar surface area (TPSA) is 159 Å². The smallest absolute Gasteiger partial charge is 0.318 e. The van der Waals surface area contributed by atoms with E-state index in [4.69, 9.17) is 0 Å². The number of imidazole rings is 1. The van der Waals surface area contributed by atoms with Gasteiger partial charge in [-0.15, -0.1) is 0 Å². The van der Waals surface area contributed by atoms with Crippen molar-refractivity contribution in [2.45, 2.75) is 0 Å². The van der Waals surface area contributed by atoms with Gasteiger partial charge >= 0.3 is 5.69 Å². The second-order valence-electron chi connectivity index (χ2n) is 5.19. The van der Waals surface area contributed by atoms with Gasteiger partial charge in [0.2, 0.25) is 5.75 Å². The first-order valence-electron chi connectivity index (χ1n) is 7.13. The third kappa shape index (κ3) is 2.92. The third-order valence-electron chi connectivity index (χ3n) is 3.58. The molecule has 1 aromatic heterocycles. The van der Waals surface area contributed by atoms with E-state index in [1.165, 1.54) is 0 Å². The van der Waals surface area contributed by atoms with Crippen molar-refractivity contribution in [3.8, 4) is 11.8 Å². The summed E-state index contributed by atoms with van der Waals surface area (Å²) in [7, 11) is 0. The highest BCUT2D eigenvalue weighted by atomic mass is 16.6. The predicted molar refractivity (Wildman–Crippen MR) is 91.0 cm³/mol. The number of nitrogens with one attached hydrogen (secondary N) is 1. The van der Waals surface area contributed by atoms with E-state index in [1.807, 2.05) is 6.07 Å². The first-order chi connectivity index (χ1) is 12.4. The maximum Gasteiger partial charge on any atom is 0.318 e. The molecular weight excluding hydrogens is 342 g/mol. The molecule has 0 bridgehead atoms. The van der Waals surface area contributed by atoms with Gasteiger partial charge in [-0.3, -0.25) is 20.2 Å². The number of hydrogen-bond acceptors (Lipinski definition) is 7. The van der Waals surface area contributed by atoms with Crippen molar-refractivity contribution >= 4 is 34.1 Å². The van der Waals surface area contributed by atoms with Crippen LogP contribution in [0, 0.1) is 31.6 Å². The van der Waals surface area contributed by atoms with E-state index < -0.39 is 27.0 Å². The average molecular weight is 351 g/mol. The summed E-state index contributed by atoms with van der Waals surface area (Å²) in [6.07, 6.45) is 1.10. The third-order valence-corrected chi connectivity index (χ3v) is 3.58. The second kappa shape index (κ2) is 6.33. The molecule has 0 atom stereocenters. The number of nitro benzene ring substituents is 2. The van der Waals surface area contributed by atoms with Gasteiger partial charge in [-0.05, 0) is 18.2 Å². The Bertz CT molecular complexity index is 1090. The van der Waals surface area contributed by atoms with E-state index in [9.17, 15) is 30.6 Å². The standard InChI is InChI=1S/C16H9N5O5/c17-8-10(16-18-12-3-1-2-4-13(12)19-16)5-9-6-11(20(23)24)7-14(15(9)22)21(25)26/h1-7,22H,(H,18,19)/b10-5+. The molecule has 10 nitrogen and oxygen atoms in total. The van der Waals surface area contributed by atoms with Gasteiger partial charge in [0.1, 0.15) is 11.9 Å². The summed E-state index contributed by atoms with van der Waals surface area (Å²) in [5, 5.41) is 41.4. The molecule has 128 valence electrons. The monoisotopic (exact) mass is 351 g/mol. The number of nitro groups is 2. The molecule has 2 N–H and O–H groups in total. The zero-order valence-corrected chi connectivity index (χ0v) is 12.9. The molecule has 0 saturated heterocycles. The van der Waals surface area contributed by atoms with E-state index in [1.54, 1.807) is 24.3 Å². The first-order valence-corrected chi connectivity index (χ1v) is 7.13. The molecule has 0 saturated carbocycles. The van der Waals surface area contributed by atoms with Crippen LogP contribution in [-0.2, 0) is 0 Å². The van der Waals surface area contributed by atoms with Crippen LogP contribution < -0.4 is 0 Å². The number of fused-ring (bicyclic) bond motifs is 1. The number of rotatable bonds is 4. The van der Waals surface area contributed by atoms with Gasteiger partial charge in [0.15, 0.2) is 0 Å². The first kappa shape index (κ1) is 16.6. The summed E-state index contributed by atoms with van der Waals surface area (Å²) in [5.41, 5.74) is -0.431. The predicted octanol–water partition coefficient (Wildman–Crippen LogP) is 3.15. The minimum absolute atomic E-state index is 0.0497. The van der Waals surface area contributed by atoms with Crippen molar-refractivity contribution in [1.82, 2.24) is 9.97 Å². The fraction of sp³-hybridized carbons (Fsp3) is 0. The number of allylic oxidation sites excluding steroid dienone is 1. The molecule has 0 aliphatic rings. The van der Waals surface area contributed by atoms with E-state index >= 15 is 0 Å². The van der Waals surface area contributed by atoms with Crippen LogP contribution in [0.5, 0.6) is 5.75 Å². The lowest BCUT2D eigenvalue weighted by atomic mass is 10.1. The molecule has 0 radical (unpaired) electrons. The molecule has 1 heterocycles. The van der Waals surface area contributed by atoms with Gasteiger partial charge in [-0.1, -0.05) is 12.1 Å². The molecule has 3 rings (SSSR count). The Morgan fingerprint density at radius 3 is 2.58 bits per heavy atom. The van der Waals surface area contributed by atoms with Crippen LogP contribution >= 0.6 is 0 Å². The SMILES string of the molecule is N#C/C(=C\c1cc([N+](=O)[O-])cc([N+](=O)[O-])c1O)c1nc2ccccc2[nH]1. The molecular formula is C16H9N5O5. The zero-order chi connectivity index (χ0) is 18.8. The lowest BCUT2D eigenvalue weighted by Crippen LogP contribution is -1.95. The van der Waals surface area contributed by atoms with Crippen molar-refractivity contribution in [3.05, 3.63) is 68.0 Å². The van der Waals surface area contributed by atoms with Crippen molar-refractivity contribution in [3.63, 3.8) is 0 Å². The number of phenolic OH excluding ortho intramolecular Hbond substituents is 1. The molecule has 26 heavy (non-hydrogen) atoms. The highest BCUT2D eigenvalue weighted by Crippen LogP contribution is 2.36. The van der Waals surface area contributed by atoms with Crippen LogP contribution in [0.2, 0.25) is 0 Å². The summed E-state index contributed by atoms with van der Waals surface area (Å²) >= 11 is 0. The number of nitrogens with zero attached hydrogens (tertiary/aromatic N) is 4. The summed E-state index contributed by atoms with van der Waals surface area (Å²) in [5.74, 6) is -0.605. The number of aromatic amines is 1. The number of hydrogen-bond donors (Lipinski definition) is 2. The van der Waals surface area contributed by atoms with Crippen molar-refractivity contribution in [2.24, 2.45) is 0 Å². The fourth-order valence-electron chi connectivity index (χ4n) is 2.37. The van der Waals surface area contributed by atoms with Crippen LogP contribution in [0.4, 0.5) is 11.4 Å². The lowest BCUT2D eigenvalue weighted by Gasteiger charge is -2.02. The Hall–Kier alpha value is -4.26. The van der Waals surface area contributed by atoms with Gasteiger partial charge in [0.05, 0.1) is 32.5 Å². The van der Waals surface area contributed by atoms with Gasteiger partial charge in [-0.25, -0.2) is 4.98 Å². The van der Waals surface area contributed by atoms with Crippen LogP contribution in [0.1, 0.15) is 11.4 Å². The molecule has 2 aromatic carbocycles. The summed E-state index contributed by atoms with van der Waals surface area (Å²) in [6, 6.07) is 10.5. The summed E-state index contributed by atoms with van der Waals surface area (Å²) in [4.78, 5) is 27.4. The Kier molecular flexibility index (Phi) is 4.04. The van der Waals surface area contributed by atoms with Crippen molar-refractivity contribution in [2.75, 3.05) is 0 Å². The minimum Gasteiger partial charge on any atom is -0.502 e. The van der Waals surface area contributed by atoms with Crippen molar-refractivity contribution in [1.29, 1.82) is 5.26 Å². The van der Waals surface area contributed by atoms with Crippen LogP contribution in [0.3, 0.4) is 0 Å². The van der Waals surface area contributed by atoms with Crippen LogP contribution in [-0.4, -0.2) is 24.9 Å². The Morgan fingerprint density at radius 1 is 1.23 bits per heavy atom. The van der Waals surface area contributed by atoms with E-state index in [-0.39, 0.29) is 17.0 Å². The van der Waals surface area contributed by atoms with Gasteiger partial charge < -0.3 is 10.1 Å². The quantitative estimate of drug-likeness (QED) is 0.415. The summed E-state index contributed by atoms with van der Waals surface area (Å²) < 4.78 is 0. The van der Waals surface area contributed by atoms with E-state index in [0.717, 1.165) is 12.1 Å². The molecule has 0 fully saturated rings. The Labute approximate surface area is 144 Å². The number of benzene rings is 2. The van der Waals surface area contributed by atoms with Crippen LogP contribution in [0.15, 0.2) is 36.4 Å². The zero-order valence-electron chi connectivity index (χ0n) is 12.9. The largest absolute Gasteiger partial charge is 0.502 e. The van der Waals surface area contributed by atoms with E-state index in [0.29, 0.717) is 17.1 Å². The van der Waals surface area contributed by atoms with E-state index in [2.05, 4.69) is 9.97 Å². The number of aromatic nitrogens is 2. The number of H-pyrrole nitrogens is 1. The maximum atomic E-state index is 11.0. The Balaban J connectivity index is 2.19. The number of aromatic hydroxyl groups is 1. The molecule has 0 unspecified atom stereocenters. The number of non-ortho nitro benzene ring substituents is 1.